The van der Waals surface area contributed by atoms with Crippen LogP contribution in [0.4, 0.5) is 0 Å². The maximum absolute atomic E-state index is 6.46. The Kier molecular flexibility index (Phi) is 3.00. The smallest absolute Gasteiger partial charge is 0.106 e. The molecule has 20 heavy (non-hydrogen) atoms. The maximum Gasteiger partial charge on any atom is 0.106 e. The molecule has 1 saturated carbocycles. The number of piperidine rings is 1. The van der Waals surface area contributed by atoms with Crippen LogP contribution < -0.4 is 11.1 Å². The van der Waals surface area contributed by atoms with Gasteiger partial charge in [-0.05, 0) is 50.7 Å². The zero-order chi connectivity index (χ0) is 14.0. The van der Waals surface area contributed by atoms with Crippen molar-refractivity contribution >= 4 is 22.9 Å². The number of fused-ring (bicyclic) bond motifs is 2. The molecule has 0 bridgehead atoms. The topological polar surface area (TPSA) is 47.3 Å². The fourth-order valence-corrected chi connectivity index (χ4v) is 5.39. The molecule has 0 radical (unpaired) electrons. The number of halogens is 1. The molecule has 3 aliphatic rings. The van der Waals surface area contributed by atoms with E-state index in [1.54, 1.807) is 11.3 Å². The van der Waals surface area contributed by atoms with Crippen LogP contribution in [0.3, 0.4) is 0 Å². The molecular weight excluding hydrogens is 292 g/mol. The summed E-state index contributed by atoms with van der Waals surface area (Å²) in [4.78, 5) is 1.36. The highest BCUT2D eigenvalue weighted by Crippen LogP contribution is 2.51. The third kappa shape index (κ3) is 2.04. The van der Waals surface area contributed by atoms with Crippen LogP contribution in [0.5, 0.6) is 0 Å². The van der Waals surface area contributed by atoms with Gasteiger partial charge in [-0.3, -0.25) is 0 Å². The number of nitrogens with one attached hydrogen (secondary N) is 1. The Morgan fingerprint density at radius 1 is 1.45 bits per heavy atom. The minimum Gasteiger partial charge on any atom is -0.369 e. The molecule has 2 aliphatic heterocycles. The van der Waals surface area contributed by atoms with Gasteiger partial charge in [-0.25, -0.2) is 0 Å². The highest BCUT2D eigenvalue weighted by molar-refractivity contribution is 7.16. The van der Waals surface area contributed by atoms with Crippen molar-refractivity contribution in [1.29, 1.82) is 0 Å². The van der Waals surface area contributed by atoms with Gasteiger partial charge in [-0.2, -0.15) is 0 Å². The summed E-state index contributed by atoms with van der Waals surface area (Å²) < 4.78 is 7.21. The van der Waals surface area contributed by atoms with E-state index in [0.717, 1.165) is 43.0 Å². The van der Waals surface area contributed by atoms with Gasteiger partial charge in [-0.15, -0.1) is 11.3 Å². The second-order valence-electron chi connectivity index (χ2n) is 6.76. The summed E-state index contributed by atoms with van der Waals surface area (Å²) in [6.07, 6.45) is 5.25. The Morgan fingerprint density at radius 2 is 2.25 bits per heavy atom. The summed E-state index contributed by atoms with van der Waals surface area (Å²) in [6.45, 7) is 3.05. The van der Waals surface area contributed by atoms with Gasteiger partial charge in [0, 0.05) is 22.5 Å². The van der Waals surface area contributed by atoms with Gasteiger partial charge in [-0.1, -0.05) is 11.6 Å². The van der Waals surface area contributed by atoms with Gasteiger partial charge < -0.3 is 15.8 Å². The summed E-state index contributed by atoms with van der Waals surface area (Å²) in [5, 5.41) is 3.69. The Morgan fingerprint density at radius 3 is 3.00 bits per heavy atom. The Balaban J connectivity index is 1.72. The molecule has 110 valence electrons. The molecule has 3 heterocycles. The lowest BCUT2D eigenvalue weighted by molar-refractivity contribution is -0.0978. The van der Waals surface area contributed by atoms with E-state index in [9.17, 15) is 0 Å². The van der Waals surface area contributed by atoms with Crippen molar-refractivity contribution in [3.05, 3.63) is 20.8 Å². The van der Waals surface area contributed by atoms with Crippen molar-refractivity contribution in [2.75, 3.05) is 6.61 Å². The number of thiophene rings is 1. The highest BCUT2D eigenvalue weighted by atomic mass is 35.5. The molecule has 3 N–H and O–H groups in total. The lowest BCUT2D eigenvalue weighted by Gasteiger charge is -2.47. The first-order chi connectivity index (χ1) is 9.51. The standard InChI is InChI=1S/C15H21ClN2OS/c1-9-7-15(8-11(18-9)14(17)3-4-14)13-10(2-5-19-15)6-12(16)20-13/h6,9,11,18H,2-5,7-8,17H2,1H3/t9-,11-,15-/m0/s1. The van der Waals surface area contributed by atoms with E-state index in [0.29, 0.717) is 12.1 Å². The van der Waals surface area contributed by atoms with E-state index in [4.69, 9.17) is 22.1 Å². The van der Waals surface area contributed by atoms with E-state index < -0.39 is 0 Å². The lowest BCUT2D eigenvalue weighted by Crippen LogP contribution is -2.60. The van der Waals surface area contributed by atoms with Crippen molar-refractivity contribution in [2.45, 2.75) is 62.3 Å². The average Bonchev–Trinajstić information content (AvgIpc) is 3.01. The predicted octanol–water partition coefficient (Wildman–Crippen LogP) is 2.80. The first kappa shape index (κ1) is 13.5. The molecule has 0 aromatic carbocycles. The molecule has 3 atom stereocenters. The Hall–Kier alpha value is -0.130. The fourth-order valence-electron chi connectivity index (χ4n) is 3.92. The zero-order valence-electron chi connectivity index (χ0n) is 11.7. The van der Waals surface area contributed by atoms with Crippen molar-refractivity contribution in [3.63, 3.8) is 0 Å². The van der Waals surface area contributed by atoms with E-state index in [1.165, 1.54) is 10.4 Å². The van der Waals surface area contributed by atoms with Crippen LogP contribution in [-0.4, -0.2) is 24.2 Å². The monoisotopic (exact) mass is 312 g/mol. The van der Waals surface area contributed by atoms with Gasteiger partial charge in [0.1, 0.15) is 5.60 Å². The number of nitrogens with two attached hydrogens (primary N) is 1. The average molecular weight is 313 g/mol. The molecule has 3 nitrogen and oxygen atoms in total. The molecule has 1 aromatic rings. The first-order valence-electron chi connectivity index (χ1n) is 7.48. The van der Waals surface area contributed by atoms with Gasteiger partial charge in [0.25, 0.3) is 0 Å². The third-order valence-electron chi connectivity index (χ3n) is 5.12. The number of hydrogen-bond acceptors (Lipinski definition) is 4. The van der Waals surface area contributed by atoms with E-state index in [1.807, 2.05) is 0 Å². The molecule has 1 aliphatic carbocycles. The number of rotatable bonds is 1. The van der Waals surface area contributed by atoms with Crippen LogP contribution in [0.2, 0.25) is 4.34 Å². The predicted molar refractivity (Wildman–Crippen MR) is 82.4 cm³/mol. The molecule has 4 rings (SSSR count). The number of hydrogen-bond donors (Lipinski definition) is 2. The summed E-state index contributed by atoms with van der Waals surface area (Å²) >= 11 is 7.95. The normalized spacial score (nSPS) is 38.8. The summed E-state index contributed by atoms with van der Waals surface area (Å²) in [7, 11) is 0. The highest BCUT2D eigenvalue weighted by Gasteiger charge is 2.54. The Labute approximate surface area is 128 Å². The molecule has 0 unspecified atom stereocenters. The molecule has 5 heteroatoms. The summed E-state index contributed by atoms with van der Waals surface area (Å²) in [5.74, 6) is 0. The van der Waals surface area contributed by atoms with Crippen molar-refractivity contribution in [1.82, 2.24) is 5.32 Å². The Bertz CT molecular complexity index is 542. The lowest BCUT2D eigenvalue weighted by atomic mass is 9.77. The van der Waals surface area contributed by atoms with Gasteiger partial charge in [0.15, 0.2) is 0 Å². The second-order valence-corrected chi connectivity index (χ2v) is 8.44. The van der Waals surface area contributed by atoms with Crippen LogP contribution in [0.15, 0.2) is 6.07 Å². The fraction of sp³-hybridized carbons (Fsp3) is 0.733. The summed E-state index contributed by atoms with van der Waals surface area (Å²) in [5.41, 5.74) is 7.68. The summed E-state index contributed by atoms with van der Waals surface area (Å²) in [6, 6.07) is 2.92. The quantitative estimate of drug-likeness (QED) is 0.838. The second kappa shape index (κ2) is 4.43. The molecule has 1 aromatic heterocycles. The molecule has 1 saturated heterocycles. The van der Waals surface area contributed by atoms with Crippen LogP contribution in [0.25, 0.3) is 0 Å². The van der Waals surface area contributed by atoms with Crippen molar-refractivity contribution < 1.29 is 4.74 Å². The van der Waals surface area contributed by atoms with Crippen LogP contribution in [0, 0.1) is 0 Å². The SMILES string of the molecule is C[C@H]1C[C@@]2(C[C@@H](C3(N)CC3)N1)OCCc1cc(Cl)sc12. The third-order valence-corrected chi connectivity index (χ3v) is 6.61. The van der Waals surface area contributed by atoms with Gasteiger partial charge in [0.05, 0.1) is 10.9 Å². The van der Waals surface area contributed by atoms with Crippen LogP contribution in [0.1, 0.15) is 43.0 Å². The van der Waals surface area contributed by atoms with Gasteiger partial charge in [0.2, 0.25) is 0 Å². The molecule has 0 amide bonds. The minimum atomic E-state index is -0.157. The zero-order valence-corrected chi connectivity index (χ0v) is 13.3. The first-order valence-corrected chi connectivity index (χ1v) is 8.68. The van der Waals surface area contributed by atoms with Crippen LogP contribution in [-0.2, 0) is 16.8 Å². The largest absolute Gasteiger partial charge is 0.369 e. The number of ether oxygens (including phenoxy) is 1. The molecular formula is C15H21ClN2OS. The van der Waals surface area contributed by atoms with E-state index in [2.05, 4.69) is 18.3 Å². The minimum absolute atomic E-state index is 0.0102. The van der Waals surface area contributed by atoms with Crippen LogP contribution >= 0.6 is 22.9 Å². The van der Waals surface area contributed by atoms with Crippen molar-refractivity contribution in [3.8, 4) is 0 Å². The molecule has 2 fully saturated rings. The van der Waals surface area contributed by atoms with E-state index >= 15 is 0 Å². The van der Waals surface area contributed by atoms with Gasteiger partial charge >= 0.3 is 0 Å². The van der Waals surface area contributed by atoms with Crippen molar-refractivity contribution in [2.24, 2.45) is 5.73 Å². The van der Waals surface area contributed by atoms with E-state index in [-0.39, 0.29) is 11.1 Å². The maximum atomic E-state index is 6.46. The molecule has 1 spiro atoms.